The number of pyridine rings is 2. The van der Waals surface area contributed by atoms with Gasteiger partial charge in [-0.25, -0.2) is 0 Å². The van der Waals surface area contributed by atoms with Crippen molar-refractivity contribution in [2.24, 2.45) is 7.05 Å². The van der Waals surface area contributed by atoms with Gasteiger partial charge in [-0.1, -0.05) is 12.1 Å². The van der Waals surface area contributed by atoms with E-state index in [2.05, 4.69) is 11.1 Å². The Morgan fingerprint density at radius 2 is 1.96 bits per heavy atom. The van der Waals surface area contributed by atoms with Gasteiger partial charge < -0.3 is 9.30 Å². The number of hydrogen-bond donors (Lipinski definition) is 0. The lowest BCUT2D eigenvalue weighted by molar-refractivity contribution is -0.118. The molecule has 3 aromatic rings. The molecule has 0 radical (unpaired) electrons. The number of rotatable bonds is 4. The molecule has 142 valence electrons. The first-order chi connectivity index (χ1) is 13.5. The van der Waals surface area contributed by atoms with Crippen molar-refractivity contribution in [3.63, 3.8) is 0 Å². The predicted octanol–water partition coefficient (Wildman–Crippen LogP) is 3.39. The summed E-state index contributed by atoms with van der Waals surface area (Å²) in [5.41, 5.74) is 5.59. The maximum absolute atomic E-state index is 12.0. The fourth-order valence-corrected chi connectivity index (χ4v) is 3.65. The van der Waals surface area contributed by atoms with E-state index in [0.29, 0.717) is 31.4 Å². The molecule has 5 nitrogen and oxygen atoms in total. The second-order valence-corrected chi connectivity index (χ2v) is 7.27. The lowest BCUT2D eigenvalue weighted by atomic mass is 9.87. The van der Waals surface area contributed by atoms with Gasteiger partial charge in [0.15, 0.2) is 0 Å². The maximum atomic E-state index is 12.0. The van der Waals surface area contributed by atoms with Crippen LogP contribution in [0.4, 0.5) is 0 Å². The third kappa shape index (κ3) is 3.60. The minimum absolute atomic E-state index is 0.000989. The van der Waals surface area contributed by atoms with Gasteiger partial charge in [-0.15, -0.1) is 0 Å². The SMILES string of the molecule is Cc1cc(-c2cc3c(c(OCc4ccccn4)c2)CC(=O)CC3)cn(C)c1=O. The van der Waals surface area contributed by atoms with Gasteiger partial charge in [0.1, 0.15) is 18.1 Å². The van der Waals surface area contributed by atoms with Crippen molar-refractivity contribution in [3.05, 3.63) is 81.5 Å². The number of Topliss-reactive ketones (excluding diaryl/α,β-unsaturated/α-hetero) is 1. The fourth-order valence-electron chi connectivity index (χ4n) is 3.65. The van der Waals surface area contributed by atoms with E-state index >= 15 is 0 Å². The number of hydrogen-bond acceptors (Lipinski definition) is 4. The molecule has 0 spiro atoms. The van der Waals surface area contributed by atoms with E-state index in [0.717, 1.165) is 33.7 Å². The summed E-state index contributed by atoms with van der Waals surface area (Å²) in [4.78, 5) is 28.4. The molecule has 5 heteroatoms. The van der Waals surface area contributed by atoms with Crippen molar-refractivity contribution in [2.45, 2.75) is 32.8 Å². The van der Waals surface area contributed by atoms with E-state index in [1.54, 1.807) is 17.8 Å². The largest absolute Gasteiger partial charge is 0.487 e. The zero-order valence-corrected chi connectivity index (χ0v) is 16.1. The highest BCUT2D eigenvalue weighted by Crippen LogP contribution is 2.34. The van der Waals surface area contributed by atoms with Gasteiger partial charge >= 0.3 is 0 Å². The van der Waals surface area contributed by atoms with Crippen LogP contribution in [0.2, 0.25) is 0 Å². The Balaban J connectivity index is 1.76. The summed E-state index contributed by atoms with van der Waals surface area (Å²) in [6.07, 6.45) is 5.25. The number of aromatic nitrogens is 2. The summed E-state index contributed by atoms with van der Waals surface area (Å²) < 4.78 is 7.70. The number of ether oxygens (including phenoxy) is 1. The van der Waals surface area contributed by atoms with Crippen molar-refractivity contribution < 1.29 is 9.53 Å². The first kappa shape index (κ1) is 18.2. The van der Waals surface area contributed by atoms with Crippen LogP contribution in [0.3, 0.4) is 0 Å². The molecule has 1 aromatic carbocycles. The molecule has 0 fully saturated rings. The average Bonchev–Trinajstić information content (AvgIpc) is 2.70. The minimum atomic E-state index is -0.000989. The molecule has 1 aliphatic carbocycles. The second-order valence-electron chi connectivity index (χ2n) is 7.27. The van der Waals surface area contributed by atoms with Gasteiger partial charge in [0, 0.05) is 43.4 Å². The summed E-state index contributed by atoms with van der Waals surface area (Å²) in [5, 5.41) is 0. The van der Waals surface area contributed by atoms with Gasteiger partial charge in [-0.05, 0) is 54.3 Å². The summed E-state index contributed by atoms with van der Waals surface area (Å²) in [7, 11) is 1.76. The van der Waals surface area contributed by atoms with E-state index in [1.165, 1.54) is 0 Å². The van der Waals surface area contributed by atoms with Crippen LogP contribution < -0.4 is 10.3 Å². The van der Waals surface area contributed by atoms with Crippen molar-refractivity contribution in [1.82, 2.24) is 9.55 Å². The molecule has 0 bridgehead atoms. The number of aryl methyl sites for hydroxylation is 3. The van der Waals surface area contributed by atoms with Gasteiger partial charge in [0.05, 0.1) is 5.69 Å². The van der Waals surface area contributed by atoms with E-state index < -0.39 is 0 Å². The van der Waals surface area contributed by atoms with Gasteiger partial charge in [-0.3, -0.25) is 14.6 Å². The zero-order chi connectivity index (χ0) is 19.7. The Bertz CT molecular complexity index is 1070. The van der Waals surface area contributed by atoms with Crippen LogP contribution in [0, 0.1) is 6.92 Å². The molecule has 0 aliphatic heterocycles. The van der Waals surface area contributed by atoms with E-state index in [1.807, 2.05) is 43.5 Å². The second kappa shape index (κ2) is 7.43. The van der Waals surface area contributed by atoms with Crippen LogP contribution in [-0.2, 0) is 31.3 Å². The molecule has 0 saturated carbocycles. The molecule has 28 heavy (non-hydrogen) atoms. The van der Waals surface area contributed by atoms with Crippen LogP contribution in [0.15, 0.2) is 53.6 Å². The summed E-state index contributed by atoms with van der Waals surface area (Å²) >= 11 is 0. The molecular formula is C23H22N2O3. The van der Waals surface area contributed by atoms with E-state index in [9.17, 15) is 9.59 Å². The summed E-state index contributed by atoms with van der Waals surface area (Å²) in [5.74, 6) is 0.957. The predicted molar refractivity (Wildman–Crippen MR) is 107 cm³/mol. The van der Waals surface area contributed by atoms with Crippen molar-refractivity contribution >= 4 is 5.78 Å². The first-order valence-corrected chi connectivity index (χ1v) is 9.39. The molecule has 2 heterocycles. The molecule has 1 aliphatic rings. The number of carbonyl (C=O) groups is 1. The molecule has 0 unspecified atom stereocenters. The fraction of sp³-hybridized carbons (Fsp3) is 0.261. The molecule has 0 atom stereocenters. The van der Waals surface area contributed by atoms with E-state index in [4.69, 9.17) is 4.74 Å². The zero-order valence-electron chi connectivity index (χ0n) is 16.1. The molecule has 4 rings (SSSR count). The normalized spacial score (nSPS) is 13.3. The van der Waals surface area contributed by atoms with Crippen LogP contribution >= 0.6 is 0 Å². The highest BCUT2D eigenvalue weighted by atomic mass is 16.5. The third-order valence-electron chi connectivity index (χ3n) is 5.15. The molecule has 0 N–H and O–H groups in total. The monoisotopic (exact) mass is 374 g/mol. The molecule has 0 saturated heterocycles. The lowest BCUT2D eigenvalue weighted by Gasteiger charge is -2.21. The van der Waals surface area contributed by atoms with Gasteiger partial charge in [-0.2, -0.15) is 0 Å². The van der Waals surface area contributed by atoms with Crippen LogP contribution in [-0.4, -0.2) is 15.3 Å². The Morgan fingerprint density at radius 1 is 1.11 bits per heavy atom. The number of nitrogens with zero attached hydrogens (tertiary/aromatic N) is 2. The Morgan fingerprint density at radius 3 is 2.71 bits per heavy atom. The Hall–Kier alpha value is -3.21. The van der Waals surface area contributed by atoms with Crippen LogP contribution in [0.25, 0.3) is 11.1 Å². The third-order valence-corrected chi connectivity index (χ3v) is 5.15. The number of fused-ring (bicyclic) bond motifs is 1. The molecule has 2 aromatic heterocycles. The maximum Gasteiger partial charge on any atom is 0.253 e. The van der Waals surface area contributed by atoms with Crippen molar-refractivity contribution in [1.29, 1.82) is 0 Å². The van der Waals surface area contributed by atoms with Gasteiger partial charge in [0.25, 0.3) is 5.56 Å². The first-order valence-electron chi connectivity index (χ1n) is 9.39. The Labute approximate surface area is 163 Å². The Kier molecular flexibility index (Phi) is 4.82. The number of ketones is 1. The van der Waals surface area contributed by atoms with Gasteiger partial charge in [0.2, 0.25) is 0 Å². The minimum Gasteiger partial charge on any atom is -0.487 e. The molecular weight excluding hydrogens is 352 g/mol. The number of carbonyl (C=O) groups excluding carboxylic acids is 1. The topological polar surface area (TPSA) is 61.2 Å². The smallest absolute Gasteiger partial charge is 0.253 e. The van der Waals surface area contributed by atoms with Crippen LogP contribution in [0.1, 0.15) is 28.8 Å². The van der Waals surface area contributed by atoms with Crippen LogP contribution in [0.5, 0.6) is 5.75 Å². The van der Waals surface area contributed by atoms with Crippen molar-refractivity contribution in [3.8, 4) is 16.9 Å². The summed E-state index contributed by atoms with van der Waals surface area (Å²) in [6, 6.07) is 11.7. The highest BCUT2D eigenvalue weighted by molar-refractivity contribution is 5.85. The standard InChI is InChI=1S/C23H22N2O3/c1-15-9-18(13-25(2)23(15)27)17-10-16-6-7-20(26)12-21(16)22(11-17)28-14-19-5-3-4-8-24-19/h3-5,8-11,13H,6-7,12,14H2,1-2H3. The lowest BCUT2D eigenvalue weighted by Crippen LogP contribution is -2.18. The summed E-state index contributed by atoms with van der Waals surface area (Å²) in [6.45, 7) is 2.17. The van der Waals surface area contributed by atoms with E-state index in [-0.39, 0.29) is 11.3 Å². The quantitative estimate of drug-likeness (QED) is 0.702. The highest BCUT2D eigenvalue weighted by Gasteiger charge is 2.21. The van der Waals surface area contributed by atoms with Crippen molar-refractivity contribution in [2.75, 3.05) is 0 Å². The number of benzene rings is 1. The average molecular weight is 374 g/mol. The molecule has 0 amide bonds.